The third-order valence-electron chi connectivity index (χ3n) is 12.0. The van der Waals surface area contributed by atoms with Crippen molar-refractivity contribution in [1.82, 2.24) is 0 Å². The lowest BCUT2D eigenvalue weighted by atomic mass is 9.80. The summed E-state index contributed by atoms with van der Waals surface area (Å²) in [5.74, 6) is 1.82. The number of allylic oxidation sites excluding steroid dienone is 10. The molecule has 322 valence electrons. The Morgan fingerprint density at radius 1 is 0.459 bits per heavy atom. The van der Waals surface area contributed by atoms with E-state index >= 15 is 0 Å². The van der Waals surface area contributed by atoms with Gasteiger partial charge in [0.15, 0.2) is 0 Å². The fraction of sp³-hybridized carbons (Fsp3) is 0.368. The van der Waals surface area contributed by atoms with Gasteiger partial charge in [0.25, 0.3) is 0 Å². The molecule has 1 saturated carbocycles. The van der Waals surface area contributed by atoms with Gasteiger partial charge in [-0.2, -0.15) is 0 Å². The van der Waals surface area contributed by atoms with E-state index < -0.39 is 0 Å². The van der Waals surface area contributed by atoms with E-state index in [-0.39, 0.29) is 5.41 Å². The highest BCUT2D eigenvalue weighted by Gasteiger charge is 2.39. The molecule has 0 atom stereocenters. The number of aliphatic hydroxyl groups is 2. The molecule has 0 aromatic heterocycles. The van der Waals surface area contributed by atoms with Gasteiger partial charge in [0.1, 0.15) is 11.5 Å². The number of aliphatic hydroxyl groups excluding tert-OH is 2. The smallest absolute Gasteiger partial charge is 0.119 e. The average Bonchev–Trinajstić information content (AvgIpc) is 3.44. The monoisotopic (exact) mass is 819 g/mol. The normalized spacial score (nSPS) is 15.6. The second kappa shape index (κ2) is 24.3. The Hall–Kier alpha value is -5.16. The van der Waals surface area contributed by atoms with Crippen LogP contribution in [0.4, 0.5) is 0 Å². The van der Waals surface area contributed by atoms with Crippen molar-refractivity contribution < 1.29 is 19.7 Å². The van der Waals surface area contributed by atoms with E-state index in [0.29, 0.717) is 13.2 Å². The molecule has 4 nitrogen and oxygen atoms in total. The van der Waals surface area contributed by atoms with Crippen LogP contribution in [0.3, 0.4) is 0 Å². The highest BCUT2D eigenvalue weighted by atomic mass is 16.5. The topological polar surface area (TPSA) is 58.9 Å². The number of hydrogen-bond acceptors (Lipinski definition) is 4. The Balaban J connectivity index is 1.19. The van der Waals surface area contributed by atoms with Crippen LogP contribution in [-0.4, -0.2) is 36.6 Å². The van der Waals surface area contributed by atoms with Gasteiger partial charge < -0.3 is 19.7 Å². The lowest BCUT2D eigenvalue weighted by Gasteiger charge is -2.23. The molecule has 5 rings (SSSR count). The quantitative estimate of drug-likeness (QED) is 0.0692. The summed E-state index contributed by atoms with van der Waals surface area (Å²) in [6, 6.07) is 34.4. The van der Waals surface area contributed by atoms with Crippen LogP contribution in [0.2, 0.25) is 0 Å². The SMILES string of the molecule is C=C1C(=C)/C(=C\C(=C/C)c2ccc(-c3ccc(OCCCCCCCCO)cc3)cc2)C(C)(C)/C1=C/C(=C\C)c1ccc(-c2ccc(OCCCCCCCCO)cc2)cc1. The molecular formula is C57H70O4. The zero-order chi connectivity index (χ0) is 43.5. The second-order valence-corrected chi connectivity index (χ2v) is 16.8. The predicted molar refractivity (Wildman–Crippen MR) is 260 cm³/mol. The molecule has 0 amide bonds. The summed E-state index contributed by atoms with van der Waals surface area (Å²) in [7, 11) is 0. The molecule has 1 aliphatic carbocycles. The van der Waals surface area contributed by atoms with Crippen LogP contribution >= 0.6 is 0 Å². The number of unbranched alkanes of at least 4 members (excludes halogenated alkanes) is 10. The first-order valence-electron chi connectivity index (χ1n) is 22.7. The van der Waals surface area contributed by atoms with Crippen LogP contribution < -0.4 is 9.47 Å². The summed E-state index contributed by atoms with van der Waals surface area (Å²) in [5, 5.41) is 17.9. The molecular weight excluding hydrogens is 749 g/mol. The average molecular weight is 819 g/mol. The predicted octanol–water partition coefficient (Wildman–Crippen LogP) is 15.0. The molecule has 0 bridgehead atoms. The van der Waals surface area contributed by atoms with E-state index in [1.54, 1.807) is 0 Å². The molecule has 0 saturated heterocycles. The first-order chi connectivity index (χ1) is 29.7. The van der Waals surface area contributed by atoms with Crippen molar-refractivity contribution in [3.05, 3.63) is 168 Å². The van der Waals surface area contributed by atoms with Crippen LogP contribution in [0.1, 0.15) is 116 Å². The van der Waals surface area contributed by atoms with Gasteiger partial charge in [-0.3, -0.25) is 0 Å². The molecule has 0 heterocycles. The van der Waals surface area contributed by atoms with Gasteiger partial charge in [-0.15, -0.1) is 0 Å². The minimum atomic E-state index is -0.287. The molecule has 61 heavy (non-hydrogen) atoms. The highest BCUT2D eigenvalue weighted by molar-refractivity contribution is 5.84. The Morgan fingerprint density at radius 2 is 0.754 bits per heavy atom. The van der Waals surface area contributed by atoms with Crippen molar-refractivity contribution in [1.29, 1.82) is 0 Å². The standard InChI is InChI=1S/C57H70O4/c1-7-45(47-21-25-49(26-22-47)51-29-33-53(34-30-51)60-39-19-15-11-9-13-17-37-58)41-55-43(3)44(4)56(57(55,5)6)42-46(8-2)48-23-27-50(28-24-48)52-31-35-54(36-32-52)61-40-20-16-12-10-14-18-38-59/h7-8,21-36,41-42,58-59H,3-4,9-20,37-40H2,1-2,5-6H3/b45-7+,46-8+,55-41+,56-42+. The molecule has 0 radical (unpaired) electrons. The summed E-state index contributed by atoms with van der Waals surface area (Å²) in [5.41, 5.74) is 13.4. The van der Waals surface area contributed by atoms with E-state index in [1.807, 2.05) is 0 Å². The second-order valence-electron chi connectivity index (χ2n) is 16.8. The summed E-state index contributed by atoms with van der Waals surface area (Å²) >= 11 is 0. The van der Waals surface area contributed by atoms with Crippen molar-refractivity contribution in [3.63, 3.8) is 0 Å². The minimum absolute atomic E-state index is 0.287. The maximum absolute atomic E-state index is 8.93. The van der Waals surface area contributed by atoms with Crippen molar-refractivity contribution in [2.24, 2.45) is 5.41 Å². The molecule has 4 heteroatoms. The molecule has 1 aliphatic rings. The van der Waals surface area contributed by atoms with Crippen molar-refractivity contribution in [2.75, 3.05) is 26.4 Å². The van der Waals surface area contributed by atoms with Gasteiger partial charge in [-0.25, -0.2) is 0 Å². The number of ether oxygens (including phenoxy) is 2. The fourth-order valence-corrected chi connectivity index (χ4v) is 8.16. The maximum Gasteiger partial charge on any atom is 0.119 e. The third kappa shape index (κ3) is 13.4. The van der Waals surface area contributed by atoms with Crippen molar-refractivity contribution in [3.8, 4) is 33.8 Å². The molecule has 4 aromatic carbocycles. The largest absolute Gasteiger partial charge is 0.494 e. The van der Waals surface area contributed by atoms with Gasteiger partial charge in [-0.1, -0.05) is 175 Å². The van der Waals surface area contributed by atoms with Crippen LogP contribution in [0.25, 0.3) is 33.4 Å². The Bertz CT molecular complexity index is 1950. The first-order valence-corrected chi connectivity index (χ1v) is 22.7. The van der Waals surface area contributed by atoms with Gasteiger partial charge in [0.05, 0.1) is 13.2 Å². The summed E-state index contributed by atoms with van der Waals surface area (Å²) in [6.45, 7) is 19.9. The van der Waals surface area contributed by atoms with E-state index in [4.69, 9.17) is 19.7 Å². The number of benzene rings is 4. The molecule has 0 aliphatic heterocycles. The van der Waals surface area contributed by atoms with E-state index in [0.717, 1.165) is 121 Å². The molecule has 1 fully saturated rings. The minimum Gasteiger partial charge on any atom is -0.494 e. The molecule has 0 spiro atoms. The molecule has 4 aromatic rings. The van der Waals surface area contributed by atoms with E-state index in [1.165, 1.54) is 48.0 Å². The highest BCUT2D eigenvalue weighted by Crippen LogP contribution is 2.53. The fourth-order valence-electron chi connectivity index (χ4n) is 8.16. The van der Waals surface area contributed by atoms with E-state index in [9.17, 15) is 0 Å². The van der Waals surface area contributed by atoms with Gasteiger partial charge in [0, 0.05) is 18.6 Å². The van der Waals surface area contributed by atoms with Crippen LogP contribution in [0, 0.1) is 5.41 Å². The first kappa shape index (κ1) is 46.9. The number of hydrogen-bond donors (Lipinski definition) is 2. The Labute approximate surface area is 367 Å². The lowest BCUT2D eigenvalue weighted by Crippen LogP contribution is -2.11. The van der Waals surface area contributed by atoms with Crippen LogP contribution in [-0.2, 0) is 0 Å². The lowest BCUT2D eigenvalue weighted by molar-refractivity contribution is 0.280. The van der Waals surface area contributed by atoms with Crippen LogP contribution in [0.15, 0.2) is 157 Å². The summed E-state index contributed by atoms with van der Waals surface area (Å²) < 4.78 is 12.0. The Kier molecular flexibility index (Phi) is 18.7. The van der Waals surface area contributed by atoms with E-state index in [2.05, 4.69) is 162 Å². The molecule has 0 unspecified atom stereocenters. The summed E-state index contributed by atoms with van der Waals surface area (Å²) in [6.07, 6.45) is 22.2. The van der Waals surface area contributed by atoms with Gasteiger partial charge in [-0.05, 0) is 131 Å². The van der Waals surface area contributed by atoms with Crippen molar-refractivity contribution >= 4 is 11.1 Å². The Morgan fingerprint density at radius 3 is 1.07 bits per heavy atom. The molecule has 2 N–H and O–H groups in total. The third-order valence-corrected chi connectivity index (χ3v) is 12.0. The van der Waals surface area contributed by atoms with Crippen molar-refractivity contribution in [2.45, 2.75) is 105 Å². The zero-order valence-electron chi connectivity index (χ0n) is 37.5. The van der Waals surface area contributed by atoms with Crippen LogP contribution in [0.5, 0.6) is 11.5 Å². The van der Waals surface area contributed by atoms with Gasteiger partial charge in [0.2, 0.25) is 0 Å². The van der Waals surface area contributed by atoms with Gasteiger partial charge >= 0.3 is 0 Å². The number of rotatable bonds is 24. The maximum atomic E-state index is 8.93. The zero-order valence-corrected chi connectivity index (χ0v) is 37.5. The summed E-state index contributed by atoms with van der Waals surface area (Å²) in [4.78, 5) is 0.